The van der Waals surface area contributed by atoms with Gasteiger partial charge in [-0.25, -0.2) is 18.2 Å². The van der Waals surface area contributed by atoms with E-state index in [9.17, 15) is 22.8 Å². The van der Waals surface area contributed by atoms with Crippen LogP contribution >= 0.6 is 23.1 Å². The fourth-order valence-corrected chi connectivity index (χ4v) is 5.59. The first kappa shape index (κ1) is 25.7. The molecule has 0 aliphatic rings. The Balaban J connectivity index is 1.67. The van der Waals surface area contributed by atoms with Crippen LogP contribution in [0, 0.1) is 0 Å². The Morgan fingerprint density at radius 3 is 2.59 bits per heavy atom. The van der Waals surface area contributed by atoms with Crippen LogP contribution in [-0.2, 0) is 25.8 Å². The number of amides is 1. The average Bonchev–Trinajstić information content (AvgIpc) is 3.29. The van der Waals surface area contributed by atoms with Gasteiger partial charge in [0, 0.05) is 0 Å². The van der Waals surface area contributed by atoms with Gasteiger partial charge in [0.05, 0.1) is 29.6 Å². The van der Waals surface area contributed by atoms with Gasteiger partial charge >= 0.3 is 5.97 Å². The number of aryl methyl sites for hydroxylation is 1. The van der Waals surface area contributed by atoms with Crippen molar-refractivity contribution in [3.8, 4) is 0 Å². The number of carbonyl (C=O) groups excluding carboxylic acids is 2. The van der Waals surface area contributed by atoms with Gasteiger partial charge in [0.2, 0.25) is 15.7 Å². The SMILES string of the molecule is CCCCc1ccc(S(=O)(=O)c2cnc(SCC(=O)Nc3ccsc3C(=O)OC)[nH]c2=O)cc1. The molecule has 0 radical (unpaired) electrons. The minimum atomic E-state index is -4.04. The van der Waals surface area contributed by atoms with Crippen molar-refractivity contribution in [2.24, 2.45) is 0 Å². The Labute approximate surface area is 204 Å². The molecule has 180 valence electrons. The highest BCUT2D eigenvalue weighted by Gasteiger charge is 2.22. The molecule has 3 aromatic rings. The lowest BCUT2D eigenvalue weighted by Crippen LogP contribution is -2.20. The van der Waals surface area contributed by atoms with Gasteiger partial charge in [-0.05, 0) is 42.0 Å². The lowest BCUT2D eigenvalue weighted by atomic mass is 10.1. The monoisotopic (exact) mass is 521 g/mol. The van der Waals surface area contributed by atoms with E-state index < -0.39 is 32.2 Å². The molecule has 0 spiro atoms. The molecule has 12 heteroatoms. The molecule has 1 aromatic carbocycles. The Morgan fingerprint density at radius 1 is 1.21 bits per heavy atom. The Morgan fingerprint density at radius 2 is 1.94 bits per heavy atom. The molecular formula is C22H23N3O6S3. The Bertz CT molecular complexity index is 1330. The fraction of sp³-hybridized carbons (Fsp3) is 0.273. The number of aromatic nitrogens is 2. The highest BCUT2D eigenvalue weighted by atomic mass is 32.2. The number of esters is 1. The molecule has 0 aliphatic carbocycles. The second-order valence-electron chi connectivity index (χ2n) is 7.12. The van der Waals surface area contributed by atoms with Crippen molar-refractivity contribution in [3.05, 3.63) is 62.7 Å². The normalized spacial score (nSPS) is 11.2. The van der Waals surface area contributed by atoms with Crippen molar-refractivity contribution in [3.63, 3.8) is 0 Å². The van der Waals surface area contributed by atoms with E-state index in [0.29, 0.717) is 5.69 Å². The minimum absolute atomic E-state index is 0.0111. The predicted molar refractivity (Wildman–Crippen MR) is 130 cm³/mol. The van der Waals surface area contributed by atoms with Crippen LogP contribution in [-0.4, -0.2) is 43.1 Å². The number of nitrogens with one attached hydrogen (secondary N) is 2. The summed E-state index contributed by atoms with van der Waals surface area (Å²) in [5, 5.41) is 4.33. The lowest BCUT2D eigenvalue weighted by molar-refractivity contribution is -0.113. The number of nitrogens with zero attached hydrogens (tertiary/aromatic N) is 1. The standard InChI is InChI=1S/C22H23N3O6S3/c1-3-4-5-14-6-8-15(9-7-14)34(29,30)17-12-23-22(25-20(17)27)33-13-18(26)24-16-10-11-32-19(16)21(28)31-2/h6-12H,3-5,13H2,1-2H3,(H,24,26)(H,23,25,27). The van der Waals surface area contributed by atoms with Crippen molar-refractivity contribution in [1.29, 1.82) is 0 Å². The van der Waals surface area contributed by atoms with E-state index in [1.165, 1.54) is 19.2 Å². The maximum atomic E-state index is 12.9. The summed E-state index contributed by atoms with van der Waals surface area (Å²) < 4.78 is 30.4. The topological polar surface area (TPSA) is 135 Å². The summed E-state index contributed by atoms with van der Waals surface area (Å²) in [6.45, 7) is 2.08. The summed E-state index contributed by atoms with van der Waals surface area (Å²) in [6.07, 6.45) is 3.89. The van der Waals surface area contributed by atoms with Crippen LogP contribution in [0.3, 0.4) is 0 Å². The molecule has 1 amide bonds. The lowest BCUT2D eigenvalue weighted by Gasteiger charge is -2.07. The molecule has 2 aromatic heterocycles. The number of sulfone groups is 1. The van der Waals surface area contributed by atoms with Gasteiger partial charge in [-0.1, -0.05) is 37.2 Å². The molecule has 0 unspecified atom stereocenters. The quantitative estimate of drug-likeness (QED) is 0.235. The number of aromatic amines is 1. The summed E-state index contributed by atoms with van der Waals surface area (Å²) in [4.78, 5) is 42.6. The fourth-order valence-electron chi connectivity index (χ4n) is 2.95. The van der Waals surface area contributed by atoms with Crippen LogP contribution in [0.1, 0.15) is 35.0 Å². The zero-order valence-corrected chi connectivity index (χ0v) is 20.9. The van der Waals surface area contributed by atoms with Crippen LogP contribution in [0.4, 0.5) is 5.69 Å². The van der Waals surface area contributed by atoms with Crippen molar-refractivity contribution in [2.75, 3.05) is 18.2 Å². The van der Waals surface area contributed by atoms with Gasteiger partial charge in [-0.2, -0.15) is 0 Å². The third-order valence-electron chi connectivity index (χ3n) is 4.74. The zero-order chi connectivity index (χ0) is 24.7. The molecule has 9 nitrogen and oxygen atoms in total. The summed E-state index contributed by atoms with van der Waals surface area (Å²) >= 11 is 2.06. The molecular weight excluding hydrogens is 498 g/mol. The number of thioether (sulfide) groups is 1. The van der Waals surface area contributed by atoms with Crippen LogP contribution in [0.5, 0.6) is 0 Å². The van der Waals surface area contributed by atoms with Crippen molar-refractivity contribution in [2.45, 2.75) is 41.1 Å². The van der Waals surface area contributed by atoms with Crippen LogP contribution < -0.4 is 10.9 Å². The number of thiophene rings is 1. The van der Waals surface area contributed by atoms with E-state index in [1.54, 1.807) is 23.6 Å². The largest absolute Gasteiger partial charge is 0.465 e. The van der Waals surface area contributed by atoms with Crippen LogP contribution in [0.2, 0.25) is 0 Å². The third-order valence-corrected chi connectivity index (χ3v) is 8.28. The summed E-state index contributed by atoms with van der Waals surface area (Å²) in [6, 6.07) is 8.04. The maximum absolute atomic E-state index is 12.9. The first-order valence-electron chi connectivity index (χ1n) is 10.3. The third kappa shape index (κ3) is 6.13. The number of carbonyl (C=O) groups is 2. The van der Waals surface area contributed by atoms with Crippen molar-refractivity contribution >= 4 is 50.5 Å². The van der Waals surface area contributed by atoms with Crippen molar-refractivity contribution < 1.29 is 22.7 Å². The number of ether oxygens (including phenoxy) is 1. The maximum Gasteiger partial charge on any atom is 0.350 e. The number of hydrogen-bond donors (Lipinski definition) is 2. The second kappa shape index (κ2) is 11.4. The summed E-state index contributed by atoms with van der Waals surface area (Å²) in [5.41, 5.74) is 0.531. The predicted octanol–water partition coefficient (Wildman–Crippen LogP) is 3.52. The summed E-state index contributed by atoms with van der Waals surface area (Å²) in [7, 11) is -2.79. The molecule has 2 N–H and O–H groups in total. The molecule has 0 atom stereocenters. The molecule has 0 bridgehead atoms. The van der Waals surface area contributed by atoms with Crippen LogP contribution in [0.25, 0.3) is 0 Å². The first-order valence-corrected chi connectivity index (χ1v) is 13.6. The first-order chi connectivity index (χ1) is 16.3. The number of rotatable bonds is 10. The number of unbranched alkanes of at least 4 members (excludes halogenated alkanes) is 1. The van der Waals surface area contributed by atoms with Gasteiger partial charge in [0.1, 0.15) is 4.88 Å². The molecule has 34 heavy (non-hydrogen) atoms. The molecule has 2 heterocycles. The number of anilines is 1. The number of hydrogen-bond acceptors (Lipinski definition) is 9. The van der Waals surface area contributed by atoms with Gasteiger partial charge in [0.25, 0.3) is 5.56 Å². The highest BCUT2D eigenvalue weighted by Crippen LogP contribution is 2.24. The number of methoxy groups -OCH3 is 1. The number of H-pyrrole nitrogens is 1. The van der Waals surface area contributed by atoms with E-state index >= 15 is 0 Å². The van der Waals surface area contributed by atoms with E-state index in [4.69, 9.17) is 0 Å². The van der Waals surface area contributed by atoms with E-state index in [1.807, 2.05) is 0 Å². The molecule has 0 fully saturated rings. The Hall–Kier alpha value is -2.96. The van der Waals surface area contributed by atoms with E-state index in [2.05, 4.69) is 26.9 Å². The van der Waals surface area contributed by atoms with Crippen LogP contribution in [0.15, 0.2) is 61.7 Å². The van der Waals surface area contributed by atoms with Gasteiger partial charge in [-0.15, -0.1) is 11.3 Å². The zero-order valence-electron chi connectivity index (χ0n) is 18.5. The smallest absolute Gasteiger partial charge is 0.350 e. The Kier molecular flexibility index (Phi) is 8.64. The minimum Gasteiger partial charge on any atom is -0.465 e. The highest BCUT2D eigenvalue weighted by molar-refractivity contribution is 7.99. The van der Waals surface area contributed by atoms with Gasteiger partial charge in [0.15, 0.2) is 10.1 Å². The molecule has 3 rings (SSSR count). The van der Waals surface area contributed by atoms with E-state index in [-0.39, 0.29) is 20.7 Å². The molecule has 0 aliphatic heterocycles. The molecule has 0 saturated carbocycles. The van der Waals surface area contributed by atoms with Crippen molar-refractivity contribution in [1.82, 2.24) is 9.97 Å². The summed E-state index contributed by atoms with van der Waals surface area (Å²) in [5.74, 6) is -1.11. The van der Waals surface area contributed by atoms with Gasteiger partial charge < -0.3 is 15.0 Å². The average molecular weight is 522 g/mol. The van der Waals surface area contributed by atoms with Gasteiger partial charge in [-0.3, -0.25) is 9.59 Å². The number of benzene rings is 1. The second-order valence-corrected chi connectivity index (χ2v) is 10.9. The molecule has 0 saturated heterocycles. The van der Waals surface area contributed by atoms with E-state index in [0.717, 1.165) is 54.1 Å².